The third kappa shape index (κ3) is 8.20. The molecule has 6 rings (SSSR count). The molecule has 0 saturated carbocycles. The number of hydrogen-bond acceptors (Lipinski definition) is 9. The number of nitrogens with zero attached hydrogens (tertiary/aromatic N) is 1. The van der Waals surface area contributed by atoms with E-state index >= 15 is 0 Å². The van der Waals surface area contributed by atoms with Gasteiger partial charge in [0.15, 0.2) is 0 Å². The van der Waals surface area contributed by atoms with Crippen molar-refractivity contribution < 1.29 is 34.4 Å². The molecule has 0 aliphatic heterocycles. The maximum Gasteiger partial charge on any atom is 0.323 e. The standard InChI is InChI=1S/C41H41ClN4O7/c1-22-26(5-3-7-30(22)31-8-4-6-29(23(31)2)25-9-10-32-33(12-25)37(48)14-35(32)43)21-53-39-15-38(52-20-24-11-28(40(44)49)17-45-16-24)27(13-34(39)42)18-46-36(19-47)41(50)51/h3-13,15-17,35-37,46-48H,14,18-21,43H2,1-2H3,(H2,44,49)(H,50,51). The molecule has 11 nitrogen and oxygen atoms in total. The smallest absolute Gasteiger partial charge is 0.323 e. The molecule has 53 heavy (non-hydrogen) atoms. The van der Waals surface area contributed by atoms with E-state index in [1.807, 2.05) is 37.3 Å². The van der Waals surface area contributed by atoms with Crippen LogP contribution in [0.1, 0.15) is 67.9 Å². The van der Waals surface area contributed by atoms with Gasteiger partial charge in [-0.15, -0.1) is 0 Å². The minimum atomic E-state index is -1.21. The Balaban J connectivity index is 1.25. The maximum atomic E-state index is 11.7. The number of benzene rings is 4. The van der Waals surface area contributed by atoms with E-state index in [0.29, 0.717) is 29.0 Å². The summed E-state index contributed by atoms with van der Waals surface area (Å²) < 4.78 is 12.4. The van der Waals surface area contributed by atoms with Gasteiger partial charge in [0, 0.05) is 42.2 Å². The summed E-state index contributed by atoms with van der Waals surface area (Å²) in [4.78, 5) is 27.3. The van der Waals surface area contributed by atoms with Crippen molar-refractivity contribution >= 4 is 23.5 Å². The summed E-state index contributed by atoms with van der Waals surface area (Å²) in [6, 6.07) is 21.9. The van der Waals surface area contributed by atoms with Crippen molar-refractivity contribution in [2.45, 2.75) is 58.2 Å². The number of carboxylic acid groups (broad SMARTS) is 1. The van der Waals surface area contributed by atoms with Crippen LogP contribution in [0.2, 0.25) is 5.02 Å². The quantitative estimate of drug-likeness (QED) is 0.0799. The molecule has 1 aliphatic carbocycles. The molecule has 274 valence electrons. The number of hydrogen-bond donors (Lipinski definition) is 6. The summed E-state index contributed by atoms with van der Waals surface area (Å²) >= 11 is 6.71. The number of amides is 1. The second-order valence-corrected chi connectivity index (χ2v) is 13.5. The lowest BCUT2D eigenvalue weighted by atomic mass is 9.89. The fourth-order valence-corrected chi connectivity index (χ4v) is 6.92. The van der Waals surface area contributed by atoms with Crippen molar-refractivity contribution in [2.24, 2.45) is 11.5 Å². The average molecular weight is 737 g/mol. The van der Waals surface area contributed by atoms with Crippen molar-refractivity contribution in [1.29, 1.82) is 0 Å². The van der Waals surface area contributed by atoms with Crippen molar-refractivity contribution in [1.82, 2.24) is 10.3 Å². The molecule has 5 aromatic rings. The van der Waals surface area contributed by atoms with Crippen molar-refractivity contribution in [3.8, 4) is 33.8 Å². The van der Waals surface area contributed by atoms with Crippen LogP contribution in [-0.4, -0.2) is 44.8 Å². The molecule has 0 spiro atoms. The SMILES string of the molecule is Cc1c(COc2cc(OCc3cncc(C(N)=O)c3)c(CNC(CO)C(=O)O)cc2Cl)cccc1-c1cccc(-c2ccc3c(c2)C(O)CC3N)c1C. The molecule has 12 heteroatoms. The molecule has 4 aromatic carbocycles. The van der Waals surface area contributed by atoms with E-state index in [0.717, 1.165) is 50.1 Å². The van der Waals surface area contributed by atoms with E-state index in [1.165, 1.54) is 6.20 Å². The first-order valence-corrected chi connectivity index (χ1v) is 17.5. The molecule has 3 unspecified atom stereocenters. The van der Waals surface area contributed by atoms with Crippen LogP contribution in [-0.2, 0) is 24.6 Å². The number of nitrogens with one attached hydrogen (secondary N) is 1. The first-order valence-electron chi connectivity index (χ1n) is 17.1. The van der Waals surface area contributed by atoms with Gasteiger partial charge < -0.3 is 36.3 Å². The lowest BCUT2D eigenvalue weighted by Crippen LogP contribution is -2.39. The number of halogens is 1. The highest BCUT2D eigenvalue weighted by atomic mass is 35.5. The largest absolute Gasteiger partial charge is 0.488 e. The summed E-state index contributed by atoms with van der Waals surface area (Å²) in [6.45, 7) is 3.76. The molecule has 0 bridgehead atoms. The number of rotatable bonds is 14. The number of carbonyl (C=O) groups excluding carboxylic acids is 1. The highest BCUT2D eigenvalue weighted by molar-refractivity contribution is 6.32. The second-order valence-electron chi connectivity index (χ2n) is 13.1. The normalized spacial score (nSPS) is 15.5. The van der Waals surface area contributed by atoms with Crippen LogP contribution in [0, 0.1) is 13.8 Å². The summed E-state index contributed by atoms with van der Waals surface area (Å²) in [5, 5.41) is 32.6. The topological polar surface area (TPSA) is 190 Å². The first kappa shape index (κ1) is 37.5. The van der Waals surface area contributed by atoms with Gasteiger partial charge in [0.1, 0.15) is 30.8 Å². The van der Waals surface area contributed by atoms with Crippen LogP contribution in [0.15, 0.2) is 85.2 Å². The highest BCUT2D eigenvalue weighted by Gasteiger charge is 2.27. The van der Waals surface area contributed by atoms with E-state index < -0.39 is 30.6 Å². The van der Waals surface area contributed by atoms with E-state index in [-0.39, 0.29) is 36.4 Å². The van der Waals surface area contributed by atoms with Crippen LogP contribution in [0.3, 0.4) is 0 Å². The van der Waals surface area contributed by atoms with Crippen molar-refractivity contribution in [2.75, 3.05) is 6.61 Å². The molecule has 1 amide bonds. The Morgan fingerprint density at radius 3 is 2.36 bits per heavy atom. The number of aliphatic hydroxyl groups excluding tert-OH is 2. The Morgan fingerprint density at radius 1 is 0.906 bits per heavy atom. The number of ether oxygens (including phenoxy) is 2. The molecular weight excluding hydrogens is 696 g/mol. The average Bonchev–Trinajstić information content (AvgIpc) is 3.43. The number of nitrogens with two attached hydrogens (primary N) is 2. The fourth-order valence-electron chi connectivity index (χ4n) is 6.67. The Morgan fingerprint density at radius 2 is 1.62 bits per heavy atom. The van der Waals surface area contributed by atoms with Crippen LogP contribution < -0.4 is 26.3 Å². The van der Waals surface area contributed by atoms with E-state index in [1.54, 1.807) is 24.4 Å². The predicted molar refractivity (Wildman–Crippen MR) is 202 cm³/mol. The zero-order valence-electron chi connectivity index (χ0n) is 29.3. The maximum absolute atomic E-state index is 11.7. The number of carbonyl (C=O) groups is 2. The minimum Gasteiger partial charge on any atom is -0.488 e. The van der Waals surface area contributed by atoms with Gasteiger partial charge in [-0.3, -0.25) is 19.9 Å². The zero-order valence-corrected chi connectivity index (χ0v) is 30.1. The number of aromatic nitrogens is 1. The highest BCUT2D eigenvalue weighted by Crippen LogP contribution is 2.41. The molecule has 1 heterocycles. The van der Waals surface area contributed by atoms with Gasteiger partial charge in [0.05, 0.1) is 23.3 Å². The number of pyridine rings is 1. The minimum absolute atomic E-state index is 0.0176. The van der Waals surface area contributed by atoms with Crippen LogP contribution in [0.4, 0.5) is 0 Å². The van der Waals surface area contributed by atoms with Crippen molar-refractivity contribution in [3.05, 3.63) is 135 Å². The van der Waals surface area contributed by atoms with Crippen molar-refractivity contribution in [3.63, 3.8) is 0 Å². The van der Waals surface area contributed by atoms with Crippen LogP contribution in [0.5, 0.6) is 11.5 Å². The Kier molecular flexibility index (Phi) is 11.4. The van der Waals surface area contributed by atoms with Gasteiger partial charge >= 0.3 is 5.97 Å². The second kappa shape index (κ2) is 16.2. The summed E-state index contributed by atoms with van der Waals surface area (Å²) in [7, 11) is 0. The van der Waals surface area contributed by atoms with Gasteiger partial charge in [-0.05, 0) is 88.5 Å². The van der Waals surface area contributed by atoms with Gasteiger partial charge in [-0.2, -0.15) is 0 Å². The molecule has 0 radical (unpaired) electrons. The van der Waals surface area contributed by atoms with E-state index in [4.69, 9.17) is 32.5 Å². The summed E-state index contributed by atoms with van der Waals surface area (Å²) in [5.41, 5.74) is 22.1. The van der Waals surface area contributed by atoms with Gasteiger partial charge in [-0.25, -0.2) is 0 Å². The Hall–Kier alpha value is -5.30. The fraction of sp³-hybridized carbons (Fsp3) is 0.244. The monoisotopic (exact) mass is 736 g/mol. The van der Waals surface area contributed by atoms with Crippen LogP contribution in [0.25, 0.3) is 22.3 Å². The van der Waals surface area contributed by atoms with Gasteiger partial charge in [-0.1, -0.05) is 60.1 Å². The third-order valence-corrected chi connectivity index (χ3v) is 9.99. The summed E-state index contributed by atoms with van der Waals surface area (Å²) in [6.07, 6.45) is 2.86. The molecule has 1 aromatic heterocycles. The lowest BCUT2D eigenvalue weighted by molar-refractivity contribution is -0.140. The Bertz CT molecular complexity index is 2180. The summed E-state index contributed by atoms with van der Waals surface area (Å²) in [5.74, 6) is -1.14. The molecule has 8 N–H and O–H groups in total. The molecule has 3 atom stereocenters. The van der Waals surface area contributed by atoms with E-state index in [9.17, 15) is 24.9 Å². The lowest BCUT2D eigenvalue weighted by Gasteiger charge is -2.19. The molecule has 0 saturated heterocycles. The number of primary amides is 1. The zero-order chi connectivity index (χ0) is 37.8. The number of aliphatic hydroxyl groups is 2. The molecule has 0 fully saturated rings. The molecular formula is C41H41ClN4O7. The predicted octanol–water partition coefficient (Wildman–Crippen LogP) is 5.91. The van der Waals surface area contributed by atoms with Crippen LogP contribution >= 0.6 is 11.6 Å². The Labute approximate surface area is 312 Å². The first-order chi connectivity index (χ1) is 25.4. The number of aliphatic carboxylic acids is 1. The van der Waals surface area contributed by atoms with Gasteiger partial charge in [0.2, 0.25) is 5.91 Å². The molecule has 1 aliphatic rings. The number of fused-ring (bicyclic) bond motifs is 1. The van der Waals surface area contributed by atoms with E-state index in [2.05, 4.69) is 41.5 Å². The van der Waals surface area contributed by atoms with Gasteiger partial charge in [0.25, 0.3) is 0 Å². The number of carboxylic acids is 1. The third-order valence-electron chi connectivity index (χ3n) is 9.69.